The number of nitrogens with one attached hydrogen (secondary N) is 2. The van der Waals surface area contributed by atoms with Crippen LogP contribution in [0, 0.1) is 11.3 Å². The molecular weight excluding hydrogens is 202 g/mol. The third kappa shape index (κ3) is 2.55. The van der Waals surface area contributed by atoms with Crippen molar-refractivity contribution < 1.29 is 0 Å². The Hall–Kier alpha value is -1.93. The van der Waals surface area contributed by atoms with Crippen LogP contribution >= 0.6 is 0 Å². The second-order valence-corrected chi connectivity index (χ2v) is 3.54. The van der Waals surface area contributed by atoms with Crippen molar-refractivity contribution in [1.82, 2.24) is 15.3 Å². The molecular formula is C11H13N5. The predicted molar refractivity (Wildman–Crippen MR) is 60.8 cm³/mol. The Morgan fingerprint density at radius 1 is 1.44 bits per heavy atom. The molecule has 82 valence electrons. The fourth-order valence-corrected chi connectivity index (χ4v) is 1.58. The fraction of sp³-hybridized carbons (Fsp3) is 0.364. The summed E-state index contributed by atoms with van der Waals surface area (Å²) in [6.07, 6.45) is 6.31. The second kappa shape index (κ2) is 5.24. The Bertz CT molecular complexity index is 432. The van der Waals surface area contributed by atoms with Crippen LogP contribution in [-0.4, -0.2) is 29.6 Å². The zero-order valence-corrected chi connectivity index (χ0v) is 8.90. The Morgan fingerprint density at radius 2 is 2.31 bits per heavy atom. The molecule has 2 N–H and O–H groups in total. The molecule has 0 fully saturated rings. The van der Waals surface area contributed by atoms with E-state index in [1.807, 2.05) is 6.07 Å². The lowest BCUT2D eigenvalue weighted by atomic mass is 10.1. The van der Waals surface area contributed by atoms with Crippen LogP contribution in [0.15, 0.2) is 24.0 Å². The van der Waals surface area contributed by atoms with E-state index in [1.165, 1.54) is 11.8 Å². The van der Waals surface area contributed by atoms with Crippen molar-refractivity contribution in [2.24, 2.45) is 0 Å². The first-order chi connectivity index (χ1) is 7.90. The highest BCUT2D eigenvalue weighted by atomic mass is 15.0. The monoisotopic (exact) mass is 215 g/mol. The number of nitriles is 1. The minimum atomic E-state index is 0.344. The fourth-order valence-electron chi connectivity index (χ4n) is 1.58. The van der Waals surface area contributed by atoms with Crippen LogP contribution in [0.5, 0.6) is 0 Å². The number of nitrogens with zero attached hydrogens (tertiary/aromatic N) is 3. The minimum absolute atomic E-state index is 0.344. The maximum absolute atomic E-state index is 8.84. The van der Waals surface area contributed by atoms with Crippen molar-refractivity contribution in [2.45, 2.75) is 6.42 Å². The average molecular weight is 215 g/mol. The van der Waals surface area contributed by atoms with Gasteiger partial charge in [-0.05, 0) is 13.0 Å². The molecule has 0 amide bonds. The molecule has 1 aliphatic rings. The van der Waals surface area contributed by atoms with Gasteiger partial charge in [-0.3, -0.25) is 0 Å². The van der Waals surface area contributed by atoms with E-state index in [0.717, 1.165) is 26.1 Å². The summed E-state index contributed by atoms with van der Waals surface area (Å²) in [4.78, 5) is 8.04. The van der Waals surface area contributed by atoms with Gasteiger partial charge >= 0.3 is 0 Å². The maximum Gasteiger partial charge on any atom is 0.182 e. The molecule has 0 saturated carbocycles. The van der Waals surface area contributed by atoms with Crippen molar-refractivity contribution in [3.8, 4) is 6.07 Å². The van der Waals surface area contributed by atoms with E-state index in [9.17, 15) is 0 Å². The number of rotatable bonds is 3. The van der Waals surface area contributed by atoms with Gasteiger partial charge in [0.1, 0.15) is 6.07 Å². The second-order valence-electron chi connectivity index (χ2n) is 3.54. The number of hydrogen-bond donors (Lipinski definition) is 2. The molecule has 5 heteroatoms. The average Bonchev–Trinajstić information content (AvgIpc) is 2.38. The third-order valence-electron chi connectivity index (χ3n) is 2.45. The highest BCUT2D eigenvalue weighted by Gasteiger charge is 2.06. The van der Waals surface area contributed by atoms with Gasteiger partial charge in [-0.25, -0.2) is 9.97 Å². The summed E-state index contributed by atoms with van der Waals surface area (Å²) in [5.41, 5.74) is 1.69. The summed E-state index contributed by atoms with van der Waals surface area (Å²) in [6, 6.07) is 2.02. The maximum atomic E-state index is 8.84. The van der Waals surface area contributed by atoms with Gasteiger partial charge in [0.05, 0.1) is 0 Å². The van der Waals surface area contributed by atoms with Crippen LogP contribution in [0.25, 0.3) is 0 Å². The molecule has 0 aliphatic carbocycles. The lowest BCUT2D eigenvalue weighted by molar-refractivity contribution is 0.697. The normalized spacial score (nSPS) is 15.1. The van der Waals surface area contributed by atoms with Gasteiger partial charge in [-0.2, -0.15) is 5.26 Å². The summed E-state index contributed by atoms with van der Waals surface area (Å²) < 4.78 is 0. The molecule has 0 radical (unpaired) electrons. The highest BCUT2D eigenvalue weighted by Crippen LogP contribution is 2.09. The van der Waals surface area contributed by atoms with Crippen molar-refractivity contribution >= 4 is 5.82 Å². The lowest BCUT2D eigenvalue weighted by Gasteiger charge is -2.14. The van der Waals surface area contributed by atoms with Crippen LogP contribution in [0.2, 0.25) is 0 Å². The van der Waals surface area contributed by atoms with Gasteiger partial charge in [0.15, 0.2) is 11.5 Å². The molecule has 0 unspecified atom stereocenters. The van der Waals surface area contributed by atoms with Crippen molar-refractivity contribution in [3.05, 3.63) is 29.7 Å². The van der Waals surface area contributed by atoms with E-state index in [1.54, 1.807) is 6.20 Å². The van der Waals surface area contributed by atoms with E-state index < -0.39 is 0 Å². The molecule has 0 atom stereocenters. The van der Waals surface area contributed by atoms with Crippen LogP contribution < -0.4 is 10.6 Å². The molecule has 1 aromatic rings. The largest absolute Gasteiger partial charge is 0.364 e. The van der Waals surface area contributed by atoms with Crippen molar-refractivity contribution in [2.75, 3.05) is 25.0 Å². The molecule has 2 heterocycles. The van der Waals surface area contributed by atoms with E-state index >= 15 is 0 Å². The first-order valence-corrected chi connectivity index (χ1v) is 5.24. The molecule has 1 aliphatic heterocycles. The predicted octanol–water partition coefficient (Wildman–Crippen LogP) is 0.680. The summed E-state index contributed by atoms with van der Waals surface area (Å²) in [5.74, 6) is 0.560. The van der Waals surface area contributed by atoms with E-state index in [4.69, 9.17) is 5.26 Å². The number of hydrogen-bond acceptors (Lipinski definition) is 5. The van der Waals surface area contributed by atoms with Gasteiger partial charge in [0.25, 0.3) is 0 Å². The third-order valence-corrected chi connectivity index (χ3v) is 2.45. The smallest absolute Gasteiger partial charge is 0.182 e. The zero-order valence-electron chi connectivity index (χ0n) is 8.90. The van der Waals surface area contributed by atoms with Crippen LogP contribution in [-0.2, 0) is 0 Å². The van der Waals surface area contributed by atoms with Crippen LogP contribution in [0.4, 0.5) is 5.82 Å². The topological polar surface area (TPSA) is 73.6 Å². The minimum Gasteiger partial charge on any atom is -0.364 e. The summed E-state index contributed by atoms with van der Waals surface area (Å²) in [5, 5.41) is 15.2. The van der Waals surface area contributed by atoms with Crippen LogP contribution in [0.1, 0.15) is 12.1 Å². The lowest BCUT2D eigenvalue weighted by Crippen LogP contribution is -2.23. The first-order valence-electron chi connectivity index (χ1n) is 5.24. The molecule has 0 spiro atoms. The summed E-state index contributed by atoms with van der Waals surface area (Å²) in [7, 11) is 0. The highest BCUT2D eigenvalue weighted by molar-refractivity contribution is 5.47. The SMILES string of the molecule is N#Cc1nccnc1NCC1=CCNCC1. The Kier molecular flexibility index (Phi) is 3.46. The first kappa shape index (κ1) is 10.6. The Morgan fingerprint density at radius 3 is 3.06 bits per heavy atom. The molecule has 5 nitrogen and oxygen atoms in total. The van der Waals surface area contributed by atoms with Gasteiger partial charge in [-0.1, -0.05) is 11.6 Å². The van der Waals surface area contributed by atoms with Crippen molar-refractivity contribution in [3.63, 3.8) is 0 Å². The van der Waals surface area contributed by atoms with Gasteiger partial charge in [0.2, 0.25) is 0 Å². The molecule has 16 heavy (non-hydrogen) atoms. The van der Waals surface area contributed by atoms with Gasteiger partial charge < -0.3 is 10.6 Å². The van der Waals surface area contributed by atoms with Gasteiger partial charge in [0, 0.05) is 25.5 Å². The Labute approximate surface area is 94.2 Å². The van der Waals surface area contributed by atoms with Crippen LogP contribution in [0.3, 0.4) is 0 Å². The van der Waals surface area contributed by atoms with Crippen molar-refractivity contribution in [1.29, 1.82) is 5.26 Å². The molecule has 0 bridgehead atoms. The Balaban J connectivity index is 1.99. The standard InChI is InChI=1S/C11H13N5/c12-7-10-11(15-6-5-14-10)16-8-9-1-3-13-4-2-9/h1,5-6,13H,2-4,8H2,(H,15,16). The number of anilines is 1. The molecule has 1 aromatic heterocycles. The van der Waals surface area contributed by atoms with E-state index in [-0.39, 0.29) is 0 Å². The zero-order chi connectivity index (χ0) is 11.2. The van der Waals surface area contributed by atoms with Gasteiger partial charge in [-0.15, -0.1) is 0 Å². The summed E-state index contributed by atoms with van der Waals surface area (Å²) >= 11 is 0. The molecule has 0 aromatic carbocycles. The van der Waals surface area contributed by atoms with E-state index in [0.29, 0.717) is 11.5 Å². The number of aromatic nitrogens is 2. The summed E-state index contributed by atoms with van der Waals surface area (Å²) in [6.45, 7) is 2.66. The molecule has 0 saturated heterocycles. The van der Waals surface area contributed by atoms with E-state index in [2.05, 4.69) is 26.7 Å². The quantitative estimate of drug-likeness (QED) is 0.725. The molecule has 2 rings (SSSR count).